The van der Waals surface area contributed by atoms with Crippen LogP contribution >= 0.6 is 15.9 Å². The summed E-state index contributed by atoms with van der Waals surface area (Å²) in [4.78, 5) is 10.6. The van der Waals surface area contributed by atoms with E-state index in [0.717, 1.165) is 30.2 Å². The summed E-state index contributed by atoms with van der Waals surface area (Å²) in [5, 5.41) is 24.7. The van der Waals surface area contributed by atoms with Gasteiger partial charge in [0.25, 0.3) is 5.69 Å². The zero-order valence-electron chi connectivity index (χ0n) is 12.1. The molecule has 0 unspecified atom stereocenters. The molecule has 0 aliphatic heterocycles. The van der Waals surface area contributed by atoms with Crippen molar-refractivity contribution in [2.24, 2.45) is 5.92 Å². The van der Waals surface area contributed by atoms with Gasteiger partial charge in [0.1, 0.15) is 0 Å². The minimum absolute atomic E-state index is 0.106. The summed E-state index contributed by atoms with van der Waals surface area (Å²) in [6.07, 6.45) is 3.66. The van der Waals surface area contributed by atoms with Crippen LogP contribution in [0.1, 0.15) is 38.2 Å². The van der Waals surface area contributed by atoms with Gasteiger partial charge in [-0.1, -0.05) is 22.9 Å². The third-order valence-corrected chi connectivity index (χ3v) is 4.71. The van der Waals surface area contributed by atoms with E-state index in [0.29, 0.717) is 24.6 Å². The SMILES string of the molecule is CC1CCC(O)(CNCc2cc(Br)ccc2[N+](=O)[O-])CC1. The predicted molar refractivity (Wildman–Crippen MR) is 85.1 cm³/mol. The largest absolute Gasteiger partial charge is 0.389 e. The predicted octanol–water partition coefficient (Wildman–Crippen LogP) is 3.39. The van der Waals surface area contributed by atoms with Crippen molar-refractivity contribution in [2.75, 3.05) is 6.54 Å². The van der Waals surface area contributed by atoms with Crippen molar-refractivity contribution in [3.05, 3.63) is 38.3 Å². The quantitative estimate of drug-likeness (QED) is 0.626. The van der Waals surface area contributed by atoms with E-state index in [1.54, 1.807) is 12.1 Å². The fourth-order valence-corrected chi connectivity index (χ4v) is 3.19. The molecule has 0 amide bonds. The average Bonchev–Trinajstić information content (AvgIpc) is 2.42. The molecule has 1 aliphatic carbocycles. The molecule has 1 fully saturated rings. The van der Waals surface area contributed by atoms with E-state index in [1.165, 1.54) is 6.07 Å². The third kappa shape index (κ3) is 4.49. The minimum atomic E-state index is -0.673. The zero-order chi connectivity index (χ0) is 15.5. The van der Waals surface area contributed by atoms with Gasteiger partial charge in [-0.25, -0.2) is 0 Å². The molecule has 0 spiro atoms. The van der Waals surface area contributed by atoms with Crippen LogP contribution in [0.2, 0.25) is 0 Å². The summed E-state index contributed by atoms with van der Waals surface area (Å²) < 4.78 is 0.815. The molecule has 0 bridgehead atoms. The number of hydrogen-bond acceptors (Lipinski definition) is 4. The fourth-order valence-electron chi connectivity index (χ4n) is 2.78. The second-order valence-corrected chi connectivity index (χ2v) is 6.96. The van der Waals surface area contributed by atoms with Crippen LogP contribution in [0, 0.1) is 16.0 Å². The standard InChI is InChI=1S/C15H21BrN2O3/c1-11-4-6-15(19,7-5-11)10-17-9-12-8-13(16)2-3-14(12)18(20)21/h2-3,8,11,17,19H,4-7,9-10H2,1H3. The molecule has 0 heterocycles. The maximum Gasteiger partial charge on any atom is 0.273 e. The second-order valence-electron chi connectivity index (χ2n) is 6.04. The number of nitro groups is 1. The Bertz CT molecular complexity index is 514. The molecule has 1 aromatic carbocycles. The van der Waals surface area contributed by atoms with Gasteiger partial charge in [0.2, 0.25) is 0 Å². The molecule has 1 saturated carbocycles. The minimum Gasteiger partial charge on any atom is -0.389 e. The van der Waals surface area contributed by atoms with Gasteiger partial charge < -0.3 is 10.4 Å². The van der Waals surface area contributed by atoms with Gasteiger partial charge in [-0.2, -0.15) is 0 Å². The lowest BCUT2D eigenvalue weighted by Gasteiger charge is -2.35. The molecule has 0 aromatic heterocycles. The number of halogens is 1. The highest BCUT2D eigenvalue weighted by Crippen LogP contribution is 2.31. The lowest BCUT2D eigenvalue weighted by Crippen LogP contribution is -2.43. The van der Waals surface area contributed by atoms with Gasteiger partial charge in [-0.3, -0.25) is 10.1 Å². The summed E-state index contributed by atoms with van der Waals surface area (Å²) in [5.41, 5.74) is 0.0601. The van der Waals surface area contributed by atoms with E-state index in [4.69, 9.17) is 0 Å². The highest BCUT2D eigenvalue weighted by molar-refractivity contribution is 9.10. The lowest BCUT2D eigenvalue weighted by molar-refractivity contribution is -0.385. The number of hydrogen-bond donors (Lipinski definition) is 2. The first-order valence-electron chi connectivity index (χ1n) is 7.25. The number of nitrogens with one attached hydrogen (secondary N) is 1. The first kappa shape index (κ1) is 16.4. The van der Waals surface area contributed by atoms with E-state index in [9.17, 15) is 15.2 Å². The summed E-state index contributed by atoms with van der Waals surface area (Å²) >= 11 is 3.33. The van der Waals surface area contributed by atoms with Crippen LogP contribution < -0.4 is 5.32 Å². The smallest absolute Gasteiger partial charge is 0.273 e. The van der Waals surface area contributed by atoms with E-state index in [1.807, 2.05) is 0 Å². The molecule has 5 nitrogen and oxygen atoms in total. The summed E-state index contributed by atoms with van der Waals surface area (Å²) in [5.74, 6) is 0.677. The first-order valence-corrected chi connectivity index (χ1v) is 8.05. The highest BCUT2D eigenvalue weighted by atomic mass is 79.9. The molecule has 0 atom stereocenters. The Morgan fingerprint density at radius 2 is 2.14 bits per heavy atom. The molecule has 1 aliphatic rings. The number of rotatable bonds is 5. The average molecular weight is 357 g/mol. The highest BCUT2D eigenvalue weighted by Gasteiger charge is 2.31. The number of nitro benzene ring substituents is 1. The Hall–Kier alpha value is -0.980. The maximum atomic E-state index is 11.0. The molecule has 6 heteroatoms. The van der Waals surface area contributed by atoms with Crippen LogP contribution in [-0.4, -0.2) is 22.2 Å². The van der Waals surface area contributed by atoms with Crippen LogP contribution in [0.15, 0.2) is 22.7 Å². The fraction of sp³-hybridized carbons (Fsp3) is 0.600. The van der Waals surface area contributed by atoms with Crippen molar-refractivity contribution in [3.8, 4) is 0 Å². The number of benzene rings is 1. The second kappa shape index (κ2) is 6.85. The molecule has 0 saturated heterocycles. The van der Waals surface area contributed by atoms with Crippen molar-refractivity contribution in [1.82, 2.24) is 5.32 Å². The van der Waals surface area contributed by atoms with Crippen molar-refractivity contribution < 1.29 is 10.0 Å². The van der Waals surface area contributed by atoms with Gasteiger partial charge >= 0.3 is 0 Å². The normalized spacial score (nSPS) is 25.8. The van der Waals surface area contributed by atoms with Crippen molar-refractivity contribution >= 4 is 21.6 Å². The van der Waals surface area contributed by atoms with Crippen molar-refractivity contribution in [1.29, 1.82) is 0 Å². The Labute approximate surface area is 133 Å². The Balaban J connectivity index is 1.94. The third-order valence-electron chi connectivity index (χ3n) is 4.21. The summed E-state index contributed by atoms with van der Waals surface area (Å²) in [6.45, 7) is 3.06. The molecular weight excluding hydrogens is 336 g/mol. The topological polar surface area (TPSA) is 75.4 Å². The lowest BCUT2D eigenvalue weighted by atomic mass is 9.79. The monoisotopic (exact) mass is 356 g/mol. The first-order chi connectivity index (χ1) is 9.89. The van der Waals surface area contributed by atoms with Crippen LogP contribution in [0.5, 0.6) is 0 Å². The Morgan fingerprint density at radius 1 is 1.48 bits per heavy atom. The van der Waals surface area contributed by atoms with E-state index in [2.05, 4.69) is 28.2 Å². The van der Waals surface area contributed by atoms with Gasteiger partial charge in [0.15, 0.2) is 0 Å². The molecule has 0 radical (unpaired) electrons. The van der Waals surface area contributed by atoms with Crippen LogP contribution in [0.3, 0.4) is 0 Å². The van der Waals surface area contributed by atoms with E-state index in [-0.39, 0.29) is 10.6 Å². The van der Waals surface area contributed by atoms with Gasteiger partial charge in [0, 0.05) is 29.2 Å². The van der Waals surface area contributed by atoms with Crippen molar-refractivity contribution in [2.45, 2.75) is 44.8 Å². The van der Waals surface area contributed by atoms with Crippen LogP contribution in [0.25, 0.3) is 0 Å². The molecule has 21 heavy (non-hydrogen) atoms. The molecular formula is C15H21BrN2O3. The zero-order valence-corrected chi connectivity index (χ0v) is 13.7. The molecule has 116 valence electrons. The summed E-state index contributed by atoms with van der Waals surface area (Å²) in [6, 6.07) is 4.91. The number of nitrogens with zero attached hydrogens (tertiary/aromatic N) is 1. The number of aliphatic hydroxyl groups is 1. The van der Waals surface area contributed by atoms with Crippen molar-refractivity contribution in [3.63, 3.8) is 0 Å². The van der Waals surface area contributed by atoms with E-state index < -0.39 is 5.60 Å². The molecule has 2 N–H and O–H groups in total. The molecule has 1 aromatic rings. The Morgan fingerprint density at radius 3 is 2.76 bits per heavy atom. The summed E-state index contributed by atoms with van der Waals surface area (Å²) in [7, 11) is 0. The van der Waals surface area contributed by atoms with E-state index >= 15 is 0 Å². The van der Waals surface area contributed by atoms with Gasteiger partial charge in [0.05, 0.1) is 10.5 Å². The molecule has 2 rings (SSSR count). The van der Waals surface area contributed by atoms with Gasteiger partial charge in [-0.05, 0) is 43.7 Å². The van der Waals surface area contributed by atoms with Crippen LogP contribution in [0.4, 0.5) is 5.69 Å². The van der Waals surface area contributed by atoms with Crippen LogP contribution in [-0.2, 0) is 6.54 Å². The maximum absolute atomic E-state index is 11.0. The Kier molecular flexibility index (Phi) is 5.35. The van der Waals surface area contributed by atoms with Gasteiger partial charge in [-0.15, -0.1) is 0 Å².